The molecular formula is C24H22Cl2N6. The normalized spacial score (nSPS) is 14.1. The smallest absolute Gasteiger partial charge is 0.229 e. The van der Waals surface area contributed by atoms with Crippen LogP contribution in [0.15, 0.2) is 60.8 Å². The molecule has 1 aliphatic heterocycles. The molecule has 0 atom stereocenters. The van der Waals surface area contributed by atoms with Gasteiger partial charge in [-0.05, 0) is 55.5 Å². The van der Waals surface area contributed by atoms with E-state index in [9.17, 15) is 0 Å². The quantitative estimate of drug-likeness (QED) is 0.417. The van der Waals surface area contributed by atoms with Crippen LogP contribution in [0, 0.1) is 6.92 Å². The summed E-state index contributed by atoms with van der Waals surface area (Å²) in [5.41, 5.74) is 3.93. The Morgan fingerprint density at radius 3 is 2.31 bits per heavy atom. The van der Waals surface area contributed by atoms with Crippen LogP contribution in [-0.4, -0.2) is 41.1 Å². The van der Waals surface area contributed by atoms with E-state index in [4.69, 9.17) is 28.2 Å². The number of fused-ring (bicyclic) bond motifs is 1. The third-order valence-corrected chi connectivity index (χ3v) is 6.05. The zero-order valence-corrected chi connectivity index (χ0v) is 19.1. The molecule has 5 rings (SSSR count). The second-order valence-electron chi connectivity index (χ2n) is 7.79. The van der Waals surface area contributed by atoms with Crippen molar-refractivity contribution in [2.45, 2.75) is 6.92 Å². The molecule has 32 heavy (non-hydrogen) atoms. The highest BCUT2D eigenvalue weighted by Crippen LogP contribution is 2.29. The van der Waals surface area contributed by atoms with E-state index in [0.29, 0.717) is 16.0 Å². The molecule has 6 nitrogen and oxygen atoms in total. The van der Waals surface area contributed by atoms with Gasteiger partial charge in [-0.15, -0.1) is 0 Å². The number of aryl methyl sites for hydroxylation is 1. The van der Waals surface area contributed by atoms with Crippen molar-refractivity contribution in [1.29, 1.82) is 0 Å². The molecule has 1 N–H and O–H groups in total. The molecule has 2 aromatic carbocycles. The number of piperazine rings is 1. The molecule has 3 heterocycles. The summed E-state index contributed by atoms with van der Waals surface area (Å²) >= 11 is 12.1. The van der Waals surface area contributed by atoms with Gasteiger partial charge >= 0.3 is 0 Å². The van der Waals surface area contributed by atoms with E-state index in [0.717, 1.165) is 54.3 Å². The fraction of sp³-hybridized carbons (Fsp3) is 0.208. The van der Waals surface area contributed by atoms with Gasteiger partial charge in [0, 0.05) is 70.9 Å². The molecule has 0 amide bonds. The molecule has 1 saturated heterocycles. The van der Waals surface area contributed by atoms with Crippen molar-refractivity contribution in [2.24, 2.45) is 0 Å². The lowest BCUT2D eigenvalue weighted by atomic mass is 10.1. The molecule has 2 aromatic heterocycles. The minimum Gasteiger partial charge on any atom is -0.367 e. The summed E-state index contributed by atoms with van der Waals surface area (Å²) in [4.78, 5) is 18.5. The first-order valence-corrected chi connectivity index (χ1v) is 11.2. The van der Waals surface area contributed by atoms with Gasteiger partial charge in [-0.1, -0.05) is 23.2 Å². The standard InChI is InChI=1S/C24H22Cl2N6/c1-16-14-23(30-24(28-16)29-19-5-2-17(25)3-6-19)32-12-10-31(11-13-32)22-8-9-27-21-15-18(26)4-7-20(21)22/h2-9,14-15H,10-13H2,1H3,(H,28,29,30). The summed E-state index contributed by atoms with van der Waals surface area (Å²) in [6.45, 7) is 5.51. The third-order valence-electron chi connectivity index (χ3n) is 5.57. The lowest BCUT2D eigenvalue weighted by Crippen LogP contribution is -2.47. The fourth-order valence-electron chi connectivity index (χ4n) is 3.99. The number of benzene rings is 2. The Kier molecular flexibility index (Phi) is 5.72. The summed E-state index contributed by atoms with van der Waals surface area (Å²) in [6, 6.07) is 17.5. The van der Waals surface area contributed by atoms with Gasteiger partial charge in [0.2, 0.25) is 5.95 Å². The molecule has 0 radical (unpaired) electrons. The summed E-state index contributed by atoms with van der Waals surface area (Å²) in [6.07, 6.45) is 1.85. The van der Waals surface area contributed by atoms with Crippen LogP contribution in [0.5, 0.6) is 0 Å². The zero-order chi connectivity index (χ0) is 22.1. The molecule has 0 aliphatic carbocycles. The summed E-state index contributed by atoms with van der Waals surface area (Å²) < 4.78 is 0. The summed E-state index contributed by atoms with van der Waals surface area (Å²) in [7, 11) is 0. The van der Waals surface area contributed by atoms with Gasteiger partial charge in [0.05, 0.1) is 5.52 Å². The molecule has 4 aromatic rings. The molecule has 0 unspecified atom stereocenters. The van der Waals surface area contributed by atoms with Crippen molar-refractivity contribution >= 4 is 57.2 Å². The van der Waals surface area contributed by atoms with Crippen LogP contribution in [0.25, 0.3) is 10.9 Å². The van der Waals surface area contributed by atoms with Gasteiger partial charge in [0.15, 0.2) is 0 Å². The van der Waals surface area contributed by atoms with E-state index in [-0.39, 0.29) is 0 Å². The predicted molar refractivity (Wildman–Crippen MR) is 133 cm³/mol. The van der Waals surface area contributed by atoms with Crippen molar-refractivity contribution in [3.8, 4) is 0 Å². The van der Waals surface area contributed by atoms with E-state index in [2.05, 4.69) is 37.2 Å². The number of aromatic nitrogens is 3. The summed E-state index contributed by atoms with van der Waals surface area (Å²) in [5.74, 6) is 1.52. The first-order chi connectivity index (χ1) is 15.5. The van der Waals surface area contributed by atoms with E-state index in [1.165, 1.54) is 5.69 Å². The molecule has 162 valence electrons. The lowest BCUT2D eigenvalue weighted by Gasteiger charge is -2.37. The monoisotopic (exact) mass is 464 g/mol. The highest BCUT2D eigenvalue weighted by Gasteiger charge is 2.21. The van der Waals surface area contributed by atoms with Crippen LogP contribution in [0.3, 0.4) is 0 Å². The van der Waals surface area contributed by atoms with Crippen molar-refractivity contribution < 1.29 is 0 Å². The van der Waals surface area contributed by atoms with Crippen molar-refractivity contribution in [3.63, 3.8) is 0 Å². The van der Waals surface area contributed by atoms with Crippen molar-refractivity contribution in [2.75, 3.05) is 41.3 Å². The number of nitrogens with one attached hydrogen (secondary N) is 1. The Balaban J connectivity index is 1.32. The maximum absolute atomic E-state index is 6.14. The molecule has 0 bridgehead atoms. The molecule has 1 fully saturated rings. The van der Waals surface area contributed by atoms with Crippen LogP contribution in [0.4, 0.5) is 23.1 Å². The van der Waals surface area contributed by atoms with Crippen LogP contribution in [0.1, 0.15) is 5.69 Å². The highest BCUT2D eigenvalue weighted by molar-refractivity contribution is 6.31. The Hall–Kier alpha value is -3.09. The Morgan fingerprint density at radius 2 is 1.53 bits per heavy atom. The Bertz CT molecular complexity index is 1250. The fourth-order valence-corrected chi connectivity index (χ4v) is 4.28. The van der Waals surface area contributed by atoms with E-state index >= 15 is 0 Å². The number of halogens is 2. The Morgan fingerprint density at radius 1 is 0.812 bits per heavy atom. The average molecular weight is 465 g/mol. The van der Waals surface area contributed by atoms with Gasteiger partial charge in [-0.25, -0.2) is 4.98 Å². The lowest BCUT2D eigenvalue weighted by molar-refractivity contribution is 0.648. The van der Waals surface area contributed by atoms with Crippen LogP contribution in [-0.2, 0) is 0 Å². The van der Waals surface area contributed by atoms with Gasteiger partial charge in [-0.2, -0.15) is 4.98 Å². The minimum absolute atomic E-state index is 0.585. The number of pyridine rings is 1. The molecule has 1 aliphatic rings. The number of anilines is 4. The number of hydrogen-bond donors (Lipinski definition) is 1. The average Bonchev–Trinajstić information content (AvgIpc) is 2.80. The predicted octanol–water partition coefficient (Wildman–Crippen LogP) is 5.71. The number of rotatable bonds is 4. The van der Waals surface area contributed by atoms with Gasteiger partial charge in [0.1, 0.15) is 5.82 Å². The van der Waals surface area contributed by atoms with Crippen LogP contribution in [0.2, 0.25) is 10.0 Å². The molecular weight excluding hydrogens is 443 g/mol. The topological polar surface area (TPSA) is 57.2 Å². The van der Waals surface area contributed by atoms with Gasteiger partial charge in [-0.3, -0.25) is 4.98 Å². The Labute approximate surface area is 196 Å². The van der Waals surface area contributed by atoms with E-state index in [1.54, 1.807) is 0 Å². The number of hydrogen-bond acceptors (Lipinski definition) is 6. The van der Waals surface area contributed by atoms with Gasteiger partial charge < -0.3 is 15.1 Å². The third kappa shape index (κ3) is 4.42. The SMILES string of the molecule is Cc1cc(N2CCN(c3ccnc4cc(Cl)ccc34)CC2)nc(Nc2ccc(Cl)cc2)n1. The second-order valence-corrected chi connectivity index (χ2v) is 8.66. The van der Waals surface area contributed by atoms with E-state index in [1.807, 2.05) is 55.6 Å². The molecule has 0 saturated carbocycles. The van der Waals surface area contributed by atoms with Gasteiger partial charge in [0.25, 0.3) is 0 Å². The van der Waals surface area contributed by atoms with Crippen molar-refractivity contribution in [3.05, 3.63) is 76.5 Å². The first kappa shape index (κ1) is 20.8. The first-order valence-electron chi connectivity index (χ1n) is 10.5. The molecule has 8 heteroatoms. The molecule has 0 spiro atoms. The van der Waals surface area contributed by atoms with E-state index < -0.39 is 0 Å². The number of nitrogens with zero attached hydrogens (tertiary/aromatic N) is 5. The highest BCUT2D eigenvalue weighted by atomic mass is 35.5. The zero-order valence-electron chi connectivity index (χ0n) is 17.6. The van der Waals surface area contributed by atoms with Crippen LogP contribution < -0.4 is 15.1 Å². The maximum Gasteiger partial charge on any atom is 0.229 e. The minimum atomic E-state index is 0.585. The summed E-state index contributed by atoms with van der Waals surface area (Å²) in [5, 5.41) is 5.80. The van der Waals surface area contributed by atoms with Crippen molar-refractivity contribution in [1.82, 2.24) is 15.0 Å². The second kappa shape index (κ2) is 8.81. The maximum atomic E-state index is 6.14. The largest absolute Gasteiger partial charge is 0.367 e. The van der Waals surface area contributed by atoms with Crippen LogP contribution >= 0.6 is 23.2 Å².